The molecule has 25 heavy (non-hydrogen) atoms. The van der Waals surface area contributed by atoms with Crippen LogP contribution in [0.2, 0.25) is 0 Å². The molecule has 2 atom stereocenters. The van der Waals surface area contributed by atoms with Gasteiger partial charge in [0.05, 0.1) is 30.8 Å². The van der Waals surface area contributed by atoms with E-state index < -0.39 is 5.67 Å². The smallest absolute Gasteiger partial charge is 0.260 e. The van der Waals surface area contributed by atoms with E-state index in [9.17, 15) is 9.18 Å². The third-order valence-electron chi connectivity index (χ3n) is 5.71. The lowest BCUT2D eigenvalue weighted by atomic mass is 9.80. The van der Waals surface area contributed by atoms with Gasteiger partial charge in [-0.1, -0.05) is 0 Å². The van der Waals surface area contributed by atoms with Gasteiger partial charge in [-0.25, -0.2) is 9.37 Å². The molecular weight excluding hydrogens is 325 g/mol. The summed E-state index contributed by atoms with van der Waals surface area (Å²) in [6.45, 7) is 2.40. The molecule has 4 rings (SSSR count). The van der Waals surface area contributed by atoms with Crippen molar-refractivity contribution >= 4 is 5.91 Å². The summed E-state index contributed by atoms with van der Waals surface area (Å²) in [6.07, 6.45) is 2.91. The first kappa shape index (κ1) is 16.3. The zero-order chi connectivity index (χ0) is 17.5. The van der Waals surface area contributed by atoms with Gasteiger partial charge in [0.15, 0.2) is 5.67 Å². The van der Waals surface area contributed by atoms with E-state index in [0.29, 0.717) is 57.2 Å². The summed E-state index contributed by atoms with van der Waals surface area (Å²) in [5.74, 6) is 0.215. The minimum Gasteiger partial charge on any atom is -0.477 e. The second-order valence-corrected chi connectivity index (χ2v) is 7.36. The van der Waals surface area contributed by atoms with Crippen LogP contribution < -0.4 is 4.74 Å². The first-order valence-electron chi connectivity index (χ1n) is 8.60. The number of pyridine rings is 1. The number of hydrogen-bond donors (Lipinski definition) is 0. The fraction of sp³-hybridized carbons (Fsp3) is 0.611. The van der Waals surface area contributed by atoms with Crippen molar-refractivity contribution in [2.75, 3.05) is 32.9 Å². The molecule has 3 heterocycles. The highest BCUT2D eigenvalue weighted by molar-refractivity contribution is 5.86. The van der Waals surface area contributed by atoms with E-state index in [1.54, 1.807) is 17.0 Å². The largest absolute Gasteiger partial charge is 0.477 e. The van der Waals surface area contributed by atoms with Gasteiger partial charge in [0, 0.05) is 31.3 Å². The highest BCUT2D eigenvalue weighted by atomic mass is 19.1. The SMILES string of the molecule is N#Cc1ccc(OC[C@]23COC[C@H]2CN(C(=O)C2(F)CCC2)C3)nc1. The Labute approximate surface area is 145 Å². The van der Waals surface area contributed by atoms with Crippen LogP contribution in [0.3, 0.4) is 0 Å². The van der Waals surface area contributed by atoms with Crippen molar-refractivity contribution in [1.29, 1.82) is 5.26 Å². The summed E-state index contributed by atoms with van der Waals surface area (Å²) in [7, 11) is 0. The third-order valence-corrected chi connectivity index (χ3v) is 5.71. The predicted molar refractivity (Wildman–Crippen MR) is 85.5 cm³/mol. The van der Waals surface area contributed by atoms with Crippen LogP contribution in [0.15, 0.2) is 18.3 Å². The molecule has 2 saturated heterocycles. The van der Waals surface area contributed by atoms with E-state index in [2.05, 4.69) is 4.98 Å². The van der Waals surface area contributed by atoms with Crippen molar-refractivity contribution in [2.24, 2.45) is 11.3 Å². The Balaban J connectivity index is 1.44. The maximum absolute atomic E-state index is 14.5. The number of likely N-dealkylation sites (tertiary alicyclic amines) is 1. The molecule has 132 valence electrons. The molecule has 0 radical (unpaired) electrons. The fourth-order valence-electron chi connectivity index (χ4n) is 3.92. The molecule has 3 aliphatic rings. The minimum absolute atomic E-state index is 0.151. The second-order valence-electron chi connectivity index (χ2n) is 7.36. The van der Waals surface area contributed by atoms with Gasteiger partial charge in [-0.15, -0.1) is 0 Å². The lowest BCUT2D eigenvalue weighted by Crippen LogP contribution is -2.50. The Hall–Kier alpha value is -2.20. The van der Waals surface area contributed by atoms with Crippen LogP contribution in [0, 0.1) is 22.7 Å². The first-order valence-corrected chi connectivity index (χ1v) is 8.60. The molecule has 1 amide bonds. The van der Waals surface area contributed by atoms with Crippen molar-refractivity contribution < 1.29 is 18.7 Å². The van der Waals surface area contributed by atoms with Crippen molar-refractivity contribution in [1.82, 2.24) is 9.88 Å². The Morgan fingerprint density at radius 3 is 3.00 bits per heavy atom. The van der Waals surface area contributed by atoms with Crippen LogP contribution >= 0.6 is 0 Å². The molecule has 2 aliphatic heterocycles. The molecule has 7 heteroatoms. The molecule has 1 aliphatic carbocycles. The zero-order valence-electron chi connectivity index (χ0n) is 13.9. The molecule has 0 unspecified atom stereocenters. The molecule has 0 N–H and O–H groups in total. The van der Waals surface area contributed by atoms with Gasteiger partial charge < -0.3 is 14.4 Å². The van der Waals surface area contributed by atoms with Crippen molar-refractivity contribution in [2.45, 2.75) is 24.9 Å². The fourth-order valence-corrected chi connectivity index (χ4v) is 3.92. The summed E-state index contributed by atoms with van der Waals surface area (Å²) >= 11 is 0. The second kappa shape index (κ2) is 5.95. The van der Waals surface area contributed by atoms with E-state index in [-0.39, 0.29) is 17.2 Å². The Morgan fingerprint density at radius 2 is 2.36 bits per heavy atom. The van der Waals surface area contributed by atoms with Crippen molar-refractivity contribution in [3.05, 3.63) is 23.9 Å². The first-order chi connectivity index (χ1) is 12.0. The standard InChI is InChI=1S/C18H20FN3O3/c19-18(4-1-5-18)16(23)22-8-14-9-24-11-17(14,10-22)12-25-15-3-2-13(6-20)7-21-15/h2-3,7,14H,1,4-5,8-12H2/t14-,17+/m1/s1. The minimum atomic E-state index is -1.66. The number of hydrogen-bond acceptors (Lipinski definition) is 5. The van der Waals surface area contributed by atoms with Crippen LogP contribution in [-0.4, -0.2) is 54.4 Å². The van der Waals surface area contributed by atoms with Crippen molar-refractivity contribution in [3.63, 3.8) is 0 Å². The number of carbonyl (C=O) groups excluding carboxylic acids is 1. The van der Waals surface area contributed by atoms with Crippen LogP contribution in [0.5, 0.6) is 5.88 Å². The number of fused-ring (bicyclic) bond motifs is 1. The summed E-state index contributed by atoms with van der Waals surface area (Å²) in [4.78, 5) is 18.3. The van der Waals surface area contributed by atoms with Gasteiger partial charge in [-0.3, -0.25) is 4.79 Å². The van der Waals surface area contributed by atoms with Gasteiger partial charge in [0.1, 0.15) is 6.07 Å². The number of ether oxygens (including phenoxy) is 2. The molecular formula is C18H20FN3O3. The average Bonchev–Trinajstić information content (AvgIpc) is 3.15. The number of halogens is 1. The summed E-state index contributed by atoms with van der Waals surface area (Å²) in [5, 5.41) is 8.81. The molecule has 0 spiro atoms. The number of aromatic nitrogens is 1. The highest BCUT2D eigenvalue weighted by Crippen LogP contribution is 2.45. The van der Waals surface area contributed by atoms with Crippen LogP contribution in [0.1, 0.15) is 24.8 Å². The molecule has 1 aromatic heterocycles. The Kier molecular flexibility index (Phi) is 3.88. The van der Waals surface area contributed by atoms with E-state index >= 15 is 0 Å². The topological polar surface area (TPSA) is 75.5 Å². The van der Waals surface area contributed by atoms with Crippen LogP contribution in [0.25, 0.3) is 0 Å². The molecule has 1 saturated carbocycles. The summed E-state index contributed by atoms with van der Waals surface area (Å²) in [6, 6.07) is 5.32. The maximum Gasteiger partial charge on any atom is 0.260 e. The normalized spacial score (nSPS) is 29.6. The molecule has 1 aromatic rings. The molecule has 0 bridgehead atoms. The number of rotatable bonds is 4. The Morgan fingerprint density at radius 1 is 1.52 bits per heavy atom. The number of nitrogens with zero attached hydrogens (tertiary/aromatic N) is 3. The van der Waals surface area contributed by atoms with E-state index in [1.165, 1.54) is 6.20 Å². The molecule has 0 aromatic carbocycles. The molecule has 6 nitrogen and oxygen atoms in total. The summed E-state index contributed by atoms with van der Waals surface area (Å²) < 4.78 is 25.9. The number of carbonyl (C=O) groups is 1. The average molecular weight is 345 g/mol. The molecule has 3 fully saturated rings. The van der Waals surface area contributed by atoms with Gasteiger partial charge in [-0.2, -0.15) is 5.26 Å². The third kappa shape index (κ3) is 2.74. The van der Waals surface area contributed by atoms with Gasteiger partial charge in [-0.05, 0) is 25.3 Å². The predicted octanol–water partition coefficient (Wildman–Crippen LogP) is 1.70. The monoisotopic (exact) mass is 345 g/mol. The highest BCUT2D eigenvalue weighted by Gasteiger charge is 2.56. The van der Waals surface area contributed by atoms with Crippen LogP contribution in [0.4, 0.5) is 4.39 Å². The zero-order valence-corrected chi connectivity index (χ0v) is 13.9. The summed E-state index contributed by atoms with van der Waals surface area (Å²) in [5.41, 5.74) is -1.50. The van der Waals surface area contributed by atoms with Gasteiger partial charge in [0.2, 0.25) is 5.88 Å². The van der Waals surface area contributed by atoms with E-state index in [1.807, 2.05) is 6.07 Å². The van der Waals surface area contributed by atoms with E-state index in [0.717, 1.165) is 6.42 Å². The number of nitriles is 1. The number of alkyl halides is 1. The number of amides is 1. The van der Waals surface area contributed by atoms with E-state index in [4.69, 9.17) is 14.7 Å². The quantitative estimate of drug-likeness (QED) is 0.830. The maximum atomic E-state index is 14.5. The van der Waals surface area contributed by atoms with Crippen molar-refractivity contribution in [3.8, 4) is 11.9 Å². The van der Waals surface area contributed by atoms with Gasteiger partial charge in [0.25, 0.3) is 5.91 Å². The lowest BCUT2D eigenvalue weighted by Gasteiger charge is -2.36. The van der Waals surface area contributed by atoms with Crippen LogP contribution in [-0.2, 0) is 9.53 Å². The lowest BCUT2D eigenvalue weighted by molar-refractivity contribution is -0.149. The Bertz CT molecular complexity index is 713. The van der Waals surface area contributed by atoms with Gasteiger partial charge >= 0.3 is 0 Å².